The summed E-state index contributed by atoms with van der Waals surface area (Å²) in [4.78, 5) is 16.2. The average Bonchev–Trinajstić information content (AvgIpc) is 2.75. The van der Waals surface area contributed by atoms with Gasteiger partial charge in [0, 0.05) is 19.4 Å². The molecule has 0 spiro atoms. The van der Waals surface area contributed by atoms with Crippen LogP contribution in [0.15, 0.2) is 30.7 Å². The Hall–Kier alpha value is -2.17. The number of carbonyl (C=O) groups is 1. The van der Waals surface area contributed by atoms with Crippen LogP contribution < -0.4 is 5.32 Å². The molecule has 0 saturated carbocycles. The van der Waals surface area contributed by atoms with E-state index in [0.29, 0.717) is 11.4 Å². The predicted molar refractivity (Wildman–Crippen MR) is 74.1 cm³/mol. The van der Waals surface area contributed by atoms with E-state index in [-0.39, 0.29) is 11.3 Å². The van der Waals surface area contributed by atoms with Gasteiger partial charge in [0.25, 0.3) is 5.91 Å². The summed E-state index contributed by atoms with van der Waals surface area (Å²) in [6.07, 6.45) is 4.98. The van der Waals surface area contributed by atoms with Crippen LogP contribution in [0.3, 0.4) is 0 Å². The van der Waals surface area contributed by atoms with Gasteiger partial charge in [0.15, 0.2) is 0 Å². The maximum Gasteiger partial charge on any atom is 0.260 e. The van der Waals surface area contributed by atoms with Crippen LogP contribution in [0.1, 0.15) is 36.7 Å². The molecule has 1 amide bonds. The van der Waals surface area contributed by atoms with Crippen molar-refractivity contribution in [1.82, 2.24) is 14.8 Å². The molecule has 0 radical (unpaired) electrons. The second kappa shape index (κ2) is 4.84. The highest BCUT2D eigenvalue weighted by molar-refractivity contribution is 6.03. The van der Waals surface area contributed by atoms with Gasteiger partial charge in [0.1, 0.15) is 5.82 Å². The molecular formula is C14H18N4O. The minimum atomic E-state index is -0.205. The highest BCUT2D eigenvalue weighted by Gasteiger charge is 2.14. The zero-order valence-electron chi connectivity index (χ0n) is 11.6. The van der Waals surface area contributed by atoms with Crippen molar-refractivity contribution in [3.8, 4) is 0 Å². The summed E-state index contributed by atoms with van der Waals surface area (Å²) < 4.78 is 1.59. The van der Waals surface area contributed by atoms with Crippen LogP contribution in [0, 0.1) is 0 Å². The van der Waals surface area contributed by atoms with Crippen molar-refractivity contribution in [2.75, 3.05) is 5.32 Å². The Morgan fingerprint density at radius 2 is 2.00 bits per heavy atom. The third-order valence-electron chi connectivity index (χ3n) is 2.84. The number of pyridine rings is 1. The Bertz CT molecular complexity index is 578. The molecule has 0 bridgehead atoms. The lowest BCUT2D eigenvalue weighted by molar-refractivity contribution is 0.102. The van der Waals surface area contributed by atoms with Gasteiger partial charge in [-0.2, -0.15) is 5.10 Å². The summed E-state index contributed by atoms with van der Waals surface area (Å²) in [6, 6.07) is 3.79. The minimum absolute atomic E-state index is 0.0545. The molecule has 0 saturated heterocycles. The molecule has 0 unspecified atom stereocenters. The van der Waals surface area contributed by atoms with E-state index in [0.717, 1.165) is 5.56 Å². The van der Waals surface area contributed by atoms with Crippen molar-refractivity contribution in [1.29, 1.82) is 0 Å². The number of carbonyl (C=O) groups excluding carboxylic acids is 1. The molecule has 2 rings (SSSR count). The molecule has 2 aromatic rings. The van der Waals surface area contributed by atoms with Gasteiger partial charge >= 0.3 is 0 Å². The van der Waals surface area contributed by atoms with Gasteiger partial charge in [-0.1, -0.05) is 26.8 Å². The number of hydrogen-bond acceptors (Lipinski definition) is 3. The van der Waals surface area contributed by atoms with E-state index in [1.165, 1.54) is 6.20 Å². The fourth-order valence-corrected chi connectivity index (χ4v) is 1.64. The first-order chi connectivity index (χ1) is 8.86. The van der Waals surface area contributed by atoms with E-state index in [1.807, 2.05) is 12.1 Å². The van der Waals surface area contributed by atoms with Gasteiger partial charge in [-0.25, -0.2) is 4.98 Å². The van der Waals surface area contributed by atoms with Gasteiger partial charge in [-0.3, -0.25) is 9.48 Å². The largest absolute Gasteiger partial charge is 0.306 e. The van der Waals surface area contributed by atoms with E-state index in [9.17, 15) is 4.79 Å². The highest BCUT2D eigenvalue weighted by Crippen LogP contribution is 2.21. The molecule has 0 aliphatic rings. The quantitative estimate of drug-likeness (QED) is 0.899. The number of aromatic nitrogens is 3. The molecule has 0 aliphatic carbocycles. The Balaban J connectivity index is 2.10. The monoisotopic (exact) mass is 258 g/mol. The predicted octanol–water partition coefficient (Wildman–Crippen LogP) is 2.36. The van der Waals surface area contributed by atoms with E-state index in [4.69, 9.17) is 0 Å². The minimum Gasteiger partial charge on any atom is -0.306 e. The first-order valence-corrected chi connectivity index (χ1v) is 6.13. The molecule has 5 heteroatoms. The maximum atomic E-state index is 11.9. The van der Waals surface area contributed by atoms with Crippen LogP contribution in [-0.4, -0.2) is 20.7 Å². The molecule has 2 aromatic heterocycles. The van der Waals surface area contributed by atoms with Crippen LogP contribution in [-0.2, 0) is 12.5 Å². The molecule has 19 heavy (non-hydrogen) atoms. The Morgan fingerprint density at radius 1 is 1.26 bits per heavy atom. The topological polar surface area (TPSA) is 59.8 Å². The van der Waals surface area contributed by atoms with Crippen LogP contribution in [0.25, 0.3) is 0 Å². The molecule has 100 valence electrons. The number of anilines is 1. The molecule has 1 N–H and O–H groups in total. The smallest absolute Gasteiger partial charge is 0.260 e. The summed E-state index contributed by atoms with van der Waals surface area (Å²) in [6.45, 7) is 6.37. The van der Waals surface area contributed by atoms with Gasteiger partial charge in [0.2, 0.25) is 0 Å². The number of aryl methyl sites for hydroxylation is 1. The molecular weight excluding hydrogens is 240 g/mol. The third-order valence-corrected chi connectivity index (χ3v) is 2.84. The summed E-state index contributed by atoms with van der Waals surface area (Å²) in [7, 11) is 1.77. The molecule has 0 aliphatic heterocycles. The molecule has 0 fully saturated rings. The lowest BCUT2D eigenvalue weighted by atomic mass is 9.88. The van der Waals surface area contributed by atoms with E-state index in [1.54, 1.807) is 24.1 Å². The lowest BCUT2D eigenvalue weighted by Crippen LogP contribution is -2.14. The van der Waals surface area contributed by atoms with Gasteiger partial charge in [-0.05, 0) is 17.0 Å². The van der Waals surface area contributed by atoms with E-state index in [2.05, 4.69) is 36.2 Å². The Labute approximate surface area is 112 Å². The number of rotatable bonds is 2. The fourth-order valence-electron chi connectivity index (χ4n) is 1.64. The Morgan fingerprint density at radius 3 is 2.47 bits per heavy atom. The second-order valence-electron chi connectivity index (χ2n) is 5.54. The molecule has 2 heterocycles. The second-order valence-corrected chi connectivity index (χ2v) is 5.54. The number of hydrogen-bond donors (Lipinski definition) is 1. The molecule has 0 aromatic carbocycles. The summed E-state index contributed by atoms with van der Waals surface area (Å²) >= 11 is 0. The maximum absolute atomic E-state index is 11.9. The first-order valence-electron chi connectivity index (χ1n) is 6.13. The van der Waals surface area contributed by atoms with Gasteiger partial charge in [0.05, 0.1) is 11.8 Å². The van der Waals surface area contributed by atoms with Crippen molar-refractivity contribution in [3.05, 3.63) is 41.9 Å². The van der Waals surface area contributed by atoms with Crippen molar-refractivity contribution in [2.45, 2.75) is 26.2 Å². The lowest BCUT2D eigenvalue weighted by Gasteiger charge is -2.18. The zero-order valence-corrected chi connectivity index (χ0v) is 11.6. The SMILES string of the molecule is Cn1cc(C(=O)Nc2ccc(C(C)(C)C)cn2)cn1. The number of nitrogens with one attached hydrogen (secondary N) is 1. The number of amides is 1. The van der Waals surface area contributed by atoms with E-state index >= 15 is 0 Å². The number of nitrogens with zero attached hydrogens (tertiary/aromatic N) is 3. The fraction of sp³-hybridized carbons (Fsp3) is 0.357. The first kappa shape index (κ1) is 13.3. The van der Waals surface area contributed by atoms with Gasteiger partial charge in [-0.15, -0.1) is 0 Å². The van der Waals surface area contributed by atoms with Crippen molar-refractivity contribution in [2.24, 2.45) is 7.05 Å². The van der Waals surface area contributed by atoms with Crippen LogP contribution in [0.5, 0.6) is 0 Å². The average molecular weight is 258 g/mol. The third kappa shape index (κ3) is 3.19. The van der Waals surface area contributed by atoms with Crippen molar-refractivity contribution in [3.63, 3.8) is 0 Å². The zero-order chi connectivity index (χ0) is 14.0. The normalized spacial score (nSPS) is 11.4. The van der Waals surface area contributed by atoms with Crippen LogP contribution in [0.4, 0.5) is 5.82 Å². The summed E-state index contributed by atoms with van der Waals surface area (Å²) in [5.74, 6) is 0.339. The van der Waals surface area contributed by atoms with Crippen LogP contribution in [0.2, 0.25) is 0 Å². The summed E-state index contributed by atoms with van der Waals surface area (Å²) in [5, 5.41) is 6.71. The van der Waals surface area contributed by atoms with Crippen LogP contribution >= 0.6 is 0 Å². The molecule has 0 atom stereocenters. The van der Waals surface area contributed by atoms with E-state index < -0.39 is 0 Å². The standard InChI is InChI=1S/C14H18N4O/c1-14(2,3)11-5-6-12(15-8-11)17-13(19)10-7-16-18(4)9-10/h5-9H,1-4H3,(H,15,17,19). The van der Waals surface area contributed by atoms with Crippen molar-refractivity contribution < 1.29 is 4.79 Å². The Kier molecular flexibility index (Phi) is 3.38. The van der Waals surface area contributed by atoms with Crippen molar-refractivity contribution >= 4 is 11.7 Å². The summed E-state index contributed by atoms with van der Waals surface area (Å²) in [5.41, 5.74) is 1.70. The van der Waals surface area contributed by atoms with Gasteiger partial charge < -0.3 is 5.32 Å². The highest BCUT2D eigenvalue weighted by atomic mass is 16.1. The molecule has 5 nitrogen and oxygen atoms in total.